The van der Waals surface area contributed by atoms with Gasteiger partial charge in [0.25, 0.3) is 0 Å². The van der Waals surface area contributed by atoms with Gasteiger partial charge in [-0.3, -0.25) is 4.90 Å². The molecule has 1 aromatic rings. The highest BCUT2D eigenvalue weighted by Crippen LogP contribution is 2.28. The molecule has 5 nitrogen and oxygen atoms in total. The number of halogens is 2. The number of rotatable bonds is 4. The lowest BCUT2D eigenvalue weighted by Gasteiger charge is -2.31. The van der Waals surface area contributed by atoms with E-state index in [9.17, 15) is 9.59 Å². The van der Waals surface area contributed by atoms with Gasteiger partial charge in [0.2, 0.25) is 4.20 Å². The van der Waals surface area contributed by atoms with Crippen LogP contribution in [0.2, 0.25) is 5.02 Å². The number of likely N-dealkylation sites (N-methyl/N-ethyl adjacent to an activating group) is 1. The predicted octanol–water partition coefficient (Wildman–Crippen LogP) is 3.64. The molecule has 1 aromatic carbocycles. The Kier molecular flexibility index (Phi) is 6.71. The highest BCUT2D eigenvalue weighted by molar-refractivity contribution is 9.10. The van der Waals surface area contributed by atoms with Crippen LogP contribution in [0.4, 0.5) is 10.5 Å². The molecule has 0 saturated heterocycles. The molecule has 21 heavy (non-hydrogen) atoms. The third-order valence-electron chi connectivity index (χ3n) is 2.49. The van der Waals surface area contributed by atoms with E-state index in [4.69, 9.17) is 16.3 Å². The lowest BCUT2D eigenvalue weighted by Crippen LogP contribution is -2.49. The Morgan fingerprint density at radius 2 is 2.10 bits per heavy atom. The number of carbonyl (C=O) groups excluding carboxylic acids is 2. The first-order valence-corrected chi connectivity index (χ1v) is 7.88. The molecule has 0 atom stereocenters. The third kappa shape index (κ3) is 4.70. The molecular formula is C12H14BrClN2O3S2. The fraction of sp³-hybridized carbons (Fsp3) is 0.333. The Balaban J connectivity index is 2.82. The zero-order valence-electron chi connectivity index (χ0n) is 11.3. The number of hydrogen-bond acceptors (Lipinski definition) is 5. The van der Waals surface area contributed by atoms with E-state index >= 15 is 0 Å². The second-order valence-electron chi connectivity index (χ2n) is 3.97. The van der Waals surface area contributed by atoms with Crippen LogP contribution >= 0.6 is 52.8 Å². The molecule has 0 heterocycles. The average Bonchev–Trinajstić information content (AvgIpc) is 2.42. The number of carbonyl (C=O) groups is 2. The summed E-state index contributed by atoms with van der Waals surface area (Å²) in [4.78, 5) is 24.9. The van der Waals surface area contributed by atoms with Crippen LogP contribution in [0.25, 0.3) is 0 Å². The number of esters is 1. The largest absolute Gasteiger partial charge is 0.463 e. The van der Waals surface area contributed by atoms with Crippen LogP contribution in [0, 0.1) is 0 Å². The van der Waals surface area contributed by atoms with Crippen molar-refractivity contribution in [3.05, 3.63) is 27.7 Å². The quantitative estimate of drug-likeness (QED) is 0.401. The molecule has 0 bridgehead atoms. The summed E-state index contributed by atoms with van der Waals surface area (Å²) in [5, 5.41) is 3.04. The summed E-state index contributed by atoms with van der Waals surface area (Å²) in [7, 11) is 1.38. The van der Waals surface area contributed by atoms with Gasteiger partial charge in [-0.05, 0) is 41.1 Å². The molecule has 0 spiro atoms. The molecule has 0 aliphatic carbocycles. The first-order valence-electron chi connectivity index (χ1n) is 5.82. The Hall–Kier alpha value is -0.570. The standard InChI is InChI=1S/C12H14BrClN2O3S2/c1-3-19-10(17)12(20,21)16(2)11(18)15-7-4-5-8(13)9(14)6-7/h4-6,20-21H,3H2,1-2H3,(H,15,18). The van der Waals surface area contributed by atoms with Crippen LogP contribution in [-0.4, -0.2) is 34.8 Å². The van der Waals surface area contributed by atoms with Gasteiger partial charge in [-0.1, -0.05) is 11.6 Å². The van der Waals surface area contributed by atoms with Crippen LogP contribution in [0.1, 0.15) is 6.92 Å². The van der Waals surface area contributed by atoms with E-state index in [0.29, 0.717) is 15.2 Å². The van der Waals surface area contributed by atoms with Crippen LogP contribution < -0.4 is 5.32 Å². The minimum Gasteiger partial charge on any atom is -0.463 e. The number of ether oxygens (including phenoxy) is 1. The molecule has 2 amide bonds. The van der Waals surface area contributed by atoms with Crippen molar-refractivity contribution in [3.63, 3.8) is 0 Å². The number of hydrogen-bond donors (Lipinski definition) is 3. The van der Waals surface area contributed by atoms with Gasteiger partial charge >= 0.3 is 12.0 Å². The predicted molar refractivity (Wildman–Crippen MR) is 93.3 cm³/mol. The monoisotopic (exact) mass is 412 g/mol. The minimum absolute atomic E-state index is 0.166. The first kappa shape index (κ1) is 18.5. The van der Waals surface area contributed by atoms with Gasteiger partial charge in [-0.15, -0.1) is 25.3 Å². The molecular weight excluding hydrogens is 400 g/mol. The average molecular weight is 414 g/mol. The zero-order valence-corrected chi connectivity index (χ0v) is 15.4. The molecule has 0 aliphatic rings. The molecule has 9 heteroatoms. The Morgan fingerprint density at radius 1 is 1.48 bits per heavy atom. The summed E-state index contributed by atoms with van der Waals surface area (Å²) in [5.41, 5.74) is 0.473. The van der Waals surface area contributed by atoms with Crippen LogP contribution in [-0.2, 0) is 9.53 Å². The molecule has 1 N–H and O–H groups in total. The summed E-state index contributed by atoms with van der Waals surface area (Å²) in [5.74, 6) is -0.733. The fourth-order valence-corrected chi connectivity index (χ4v) is 2.03. The normalized spacial score (nSPS) is 11.0. The van der Waals surface area contributed by atoms with E-state index in [-0.39, 0.29) is 6.61 Å². The van der Waals surface area contributed by atoms with Crippen LogP contribution in [0.15, 0.2) is 22.7 Å². The van der Waals surface area contributed by atoms with E-state index in [1.165, 1.54) is 7.05 Å². The topological polar surface area (TPSA) is 58.6 Å². The van der Waals surface area contributed by atoms with E-state index in [1.54, 1.807) is 25.1 Å². The van der Waals surface area contributed by atoms with Crippen molar-refractivity contribution in [1.82, 2.24) is 4.90 Å². The zero-order chi connectivity index (χ0) is 16.2. The number of anilines is 1. The van der Waals surface area contributed by atoms with Crippen molar-refractivity contribution >= 4 is 70.5 Å². The molecule has 0 aliphatic heterocycles. The van der Waals surface area contributed by atoms with Crippen LogP contribution in [0.5, 0.6) is 0 Å². The number of thiol groups is 2. The highest BCUT2D eigenvalue weighted by atomic mass is 79.9. The molecule has 0 fully saturated rings. The Labute approximate surface area is 147 Å². The number of amides is 2. The van der Waals surface area contributed by atoms with Crippen molar-refractivity contribution in [3.8, 4) is 0 Å². The summed E-state index contributed by atoms with van der Waals surface area (Å²) in [6.07, 6.45) is 0. The molecule has 0 aromatic heterocycles. The Bertz CT molecular complexity index is 557. The third-order valence-corrected chi connectivity index (χ3v) is 4.69. The first-order chi connectivity index (χ1) is 9.70. The van der Waals surface area contributed by atoms with Crippen molar-refractivity contribution in [2.75, 3.05) is 19.0 Å². The number of benzene rings is 1. The van der Waals surface area contributed by atoms with E-state index in [1.807, 2.05) is 0 Å². The van der Waals surface area contributed by atoms with E-state index < -0.39 is 16.2 Å². The SMILES string of the molecule is CCOC(=O)C(S)(S)N(C)C(=O)Nc1ccc(Br)c(Cl)c1. The maximum atomic E-state index is 12.1. The second kappa shape index (κ2) is 7.62. The highest BCUT2D eigenvalue weighted by Gasteiger charge is 2.39. The van der Waals surface area contributed by atoms with Crippen molar-refractivity contribution in [2.24, 2.45) is 0 Å². The number of urea groups is 1. The Morgan fingerprint density at radius 3 is 2.62 bits per heavy atom. The number of nitrogens with one attached hydrogen (secondary N) is 1. The van der Waals surface area contributed by atoms with Gasteiger partial charge < -0.3 is 10.1 Å². The van der Waals surface area contributed by atoms with Gasteiger partial charge in [0.05, 0.1) is 11.6 Å². The smallest absolute Gasteiger partial charge is 0.353 e. The minimum atomic E-state index is -1.68. The molecule has 116 valence electrons. The summed E-state index contributed by atoms with van der Waals surface area (Å²) in [6.45, 7) is 1.82. The lowest BCUT2D eigenvalue weighted by molar-refractivity contribution is -0.145. The van der Waals surface area contributed by atoms with Crippen molar-refractivity contribution in [2.45, 2.75) is 11.1 Å². The summed E-state index contributed by atoms with van der Waals surface area (Å²) < 4.78 is 3.85. The van der Waals surface area contributed by atoms with Crippen molar-refractivity contribution in [1.29, 1.82) is 0 Å². The van der Waals surface area contributed by atoms with Gasteiger partial charge in [-0.25, -0.2) is 9.59 Å². The maximum absolute atomic E-state index is 12.1. The lowest BCUT2D eigenvalue weighted by atomic mass is 10.3. The van der Waals surface area contributed by atoms with Gasteiger partial charge in [0.15, 0.2) is 0 Å². The maximum Gasteiger partial charge on any atom is 0.353 e. The second-order valence-corrected chi connectivity index (χ2v) is 6.88. The van der Waals surface area contributed by atoms with Gasteiger partial charge in [0.1, 0.15) is 0 Å². The fourth-order valence-electron chi connectivity index (χ4n) is 1.29. The molecule has 0 unspecified atom stereocenters. The van der Waals surface area contributed by atoms with E-state index in [2.05, 4.69) is 46.5 Å². The van der Waals surface area contributed by atoms with Gasteiger partial charge in [-0.2, -0.15) is 0 Å². The number of nitrogens with zero attached hydrogens (tertiary/aromatic N) is 1. The summed E-state index contributed by atoms with van der Waals surface area (Å²) in [6, 6.07) is 4.34. The van der Waals surface area contributed by atoms with Crippen molar-refractivity contribution < 1.29 is 14.3 Å². The molecule has 0 radical (unpaired) electrons. The van der Waals surface area contributed by atoms with Gasteiger partial charge in [0, 0.05) is 17.2 Å². The summed E-state index contributed by atoms with van der Waals surface area (Å²) >= 11 is 17.3. The van der Waals surface area contributed by atoms with E-state index in [0.717, 1.165) is 4.90 Å². The molecule has 0 saturated carbocycles. The molecule has 1 rings (SSSR count). The van der Waals surface area contributed by atoms with Crippen LogP contribution in [0.3, 0.4) is 0 Å².